The predicted molar refractivity (Wildman–Crippen MR) is 76.1 cm³/mol. The second-order valence-corrected chi connectivity index (χ2v) is 4.54. The Morgan fingerprint density at radius 1 is 1.28 bits per heavy atom. The summed E-state index contributed by atoms with van der Waals surface area (Å²) in [6, 6.07) is 8.08. The molecular weight excluding hydrogens is 341 g/mol. The van der Waals surface area contributed by atoms with Gasteiger partial charge in [0.25, 0.3) is 0 Å². The van der Waals surface area contributed by atoms with Gasteiger partial charge in [0.05, 0.1) is 0 Å². The number of aromatic nitrogens is 6. The molecule has 0 bridgehead atoms. The van der Waals surface area contributed by atoms with Crippen molar-refractivity contribution in [1.29, 1.82) is 5.26 Å². The molecular formula is C13H7F3N8O. The van der Waals surface area contributed by atoms with E-state index >= 15 is 0 Å². The van der Waals surface area contributed by atoms with Crippen LogP contribution in [0, 0.1) is 11.3 Å². The molecule has 9 nitrogen and oxygen atoms in total. The highest BCUT2D eigenvalue weighted by Crippen LogP contribution is 2.30. The zero-order valence-corrected chi connectivity index (χ0v) is 12.1. The molecule has 3 aromatic rings. The molecule has 0 aliphatic heterocycles. The molecule has 0 saturated carbocycles. The van der Waals surface area contributed by atoms with Crippen LogP contribution in [-0.2, 0) is 6.18 Å². The number of hydrogen-bond donors (Lipinski definition) is 2. The van der Waals surface area contributed by atoms with Crippen LogP contribution in [0.4, 0.5) is 18.9 Å². The largest absolute Gasteiger partial charge is 0.470 e. The number of H-pyrrole nitrogens is 1. The lowest BCUT2D eigenvalue weighted by atomic mass is 10.2. The maximum Gasteiger partial charge on any atom is 0.470 e. The molecule has 0 aliphatic rings. The Bertz CT molecular complexity index is 939. The van der Waals surface area contributed by atoms with E-state index in [0.29, 0.717) is 5.69 Å². The highest BCUT2D eigenvalue weighted by molar-refractivity contribution is 5.74. The Labute approximate surface area is 137 Å². The molecule has 25 heavy (non-hydrogen) atoms. The first kappa shape index (κ1) is 16.1. The lowest BCUT2D eigenvalue weighted by molar-refractivity contribution is -0.156. The summed E-state index contributed by atoms with van der Waals surface area (Å²) in [5, 5.41) is 31.1. The number of hydrogen-bond acceptors (Lipinski definition) is 8. The standard InChI is InChI=1S/C13H7F3N8O/c14-13(15,16)12-22-21-11(25-12)7-2-1-3-9(4-7)18-6-8(5-17)10-19-23-24-20-10/h1-4,6,18H,(H,19,20,23,24). The summed E-state index contributed by atoms with van der Waals surface area (Å²) in [7, 11) is 0. The van der Waals surface area contributed by atoms with Gasteiger partial charge in [-0.25, -0.2) is 0 Å². The number of nitrogens with zero attached hydrogens (tertiary/aromatic N) is 6. The molecule has 1 aromatic carbocycles. The molecule has 2 N–H and O–H groups in total. The topological polar surface area (TPSA) is 129 Å². The highest BCUT2D eigenvalue weighted by atomic mass is 19.4. The minimum absolute atomic E-state index is 0.0953. The van der Waals surface area contributed by atoms with Crippen molar-refractivity contribution in [2.45, 2.75) is 6.18 Å². The van der Waals surface area contributed by atoms with Gasteiger partial charge in [0.2, 0.25) is 11.7 Å². The fourth-order valence-corrected chi connectivity index (χ4v) is 1.77. The van der Waals surface area contributed by atoms with Crippen molar-refractivity contribution in [3.8, 4) is 17.5 Å². The van der Waals surface area contributed by atoms with E-state index in [4.69, 9.17) is 5.26 Å². The average molecular weight is 348 g/mol. The molecule has 126 valence electrons. The summed E-state index contributed by atoms with van der Waals surface area (Å²) in [5.41, 5.74) is 0.858. The Morgan fingerprint density at radius 2 is 2.12 bits per heavy atom. The Hall–Kier alpha value is -3.75. The van der Waals surface area contributed by atoms with Crippen LogP contribution >= 0.6 is 0 Å². The average Bonchev–Trinajstić information content (AvgIpc) is 3.27. The molecule has 0 fully saturated rings. The van der Waals surface area contributed by atoms with Gasteiger partial charge in [0, 0.05) is 17.5 Å². The normalized spacial score (nSPS) is 12.0. The van der Waals surface area contributed by atoms with Gasteiger partial charge in [-0.15, -0.1) is 20.4 Å². The van der Waals surface area contributed by atoms with Crippen LogP contribution in [0.3, 0.4) is 0 Å². The molecule has 0 atom stereocenters. The van der Waals surface area contributed by atoms with Crippen molar-refractivity contribution >= 4 is 11.3 Å². The van der Waals surface area contributed by atoms with Gasteiger partial charge in [-0.1, -0.05) is 6.07 Å². The lowest BCUT2D eigenvalue weighted by Crippen LogP contribution is -2.04. The number of halogens is 3. The van der Waals surface area contributed by atoms with E-state index in [-0.39, 0.29) is 22.9 Å². The number of anilines is 1. The summed E-state index contributed by atoms with van der Waals surface area (Å²) >= 11 is 0. The van der Waals surface area contributed by atoms with Gasteiger partial charge < -0.3 is 9.73 Å². The third-order valence-corrected chi connectivity index (χ3v) is 2.87. The van der Waals surface area contributed by atoms with Crippen LogP contribution in [-0.4, -0.2) is 30.8 Å². The lowest BCUT2D eigenvalue weighted by Gasteiger charge is -2.03. The van der Waals surface area contributed by atoms with Crippen LogP contribution in [0.2, 0.25) is 0 Å². The Morgan fingerprint density at radius 3 is 2.76 bits per heavy atom. The van der Waals surface area contributed by atoms with Gasteiger partial charge in [0.15, 0.2) is 0 Å². The minimum atomic E-state index is -4.71. The first-order chi connectivity index (χ1) is 12.0. The van der Waals surface area contributed by atoms with Gasteiger partial charge in [-0.2, -0.15) is 23.6 Å². The van der Waals surface area contributed by atoms with E-state index in [1.165, 1.54) is 18.3 Å². The number of tetrazole rings is 1. The van der Waals surface area contributed by atoms with Gasteiger partial charge in [-0.05, 0) is 23.4 Å². The first-order valence-electron chi connectivity index (χ1n) is 6.59. The number of nitriles is 1. The van der Waals surface area contributed by atoms with Crippen LogP contribution < -0.4 is 5.32 Å². The van der Waals surface area contributed by atoms with Gasteiger partial charge in [-0.3, -0.25) is 0 Å². The summed E-state index contributed by atoms with van der Waals surface area (Å²) in [6.45, 7) is 0. The zero-order chi connectivity index (χ0) is 17.9. The highest BCUT2D eigenvalue weighted by Gasteiger charge is 2.38. The smallest absolute Gasteiger partial charge is 0.413 e. The van der Waals surface area contributed by atoms with Crippen LogP contribution in [0.15, 0.2) is 34.9 Å². The Kier molecular flexibility index (Phi) is 4.12. The second-order valence-electron chi connectivity index (χ2n) is 4.54. The number of benzene rings is 1. The number of allylic oxidation sites excluding steroid dienone is 1. The summed E-state index contributed by atoms with van der Waals surface area (Å²) in [6.07, 6.45) is -3.38. The number of alkyl halides is 3. The van der Waals surface area contributed by atoms with Crippen molar-refractivity contribution in [2.75, 3.05) is 5.32 Å². The van der Waals surface area contributed by atoms with Crippen molar-refractivity contribution in [3.05, 3.63) is 42.2 Å². The van der Waals surface area contributed by atoms with Crippen LogP contribution in [0.1, 0.15) is 11.7 Å². The maximum absolute atomic E-state index is 12.5. The quantitative estimate of drug-likeness (QED) is 0.687. The fraction of sp³-hybridized carbons (Fsp3) is 0.0769. The molecule has 0 aliphatic carbocycles. The summed E-state index contributed by atoms with van der Waals surface area (Å²) < 4.78 is 42.2. The number of rotatable bonds is 4. The van der Waals surface area contributed by atoms with Crippen molar-refractivity contribution < 1.29 is 17.6 Å². The van der Waals surface area contributed by atoms with E-state index in [9.17, 15) is 13.2 Å². The predicted octanol–water partition coefficient (Wildman–Crippen LogP) is 2.25. The third kappa shape index (κ3) is 3.61. The summed E-state index contributed by atoms with van der Waals surface area (Å²) in [5.74, 6) is -1.61. The fourth-order valence-electron chi connectivity index (χ4n) is 1.77. The molecule has 12 heteroatoms. The molecule has 2 aromatic heterocycles. The molecule has 0 saturated heterocycles. The molecule has 0 amide bonds. The van der Waals surface area contributed by atoms with Gasteiger partial charge >= 0.3 is 12.1 Å². The van der Waals surface area contributed by atoms with Crippen molar-refractivity contribution in [3.63, 3.8) is 0 Å². The number of aromatic amines is 1. The van der Waals surface area contributed by atoms with E-state index < -0.39 is 12.1 Å². The summed E-state index contributed by atoms with van der Waals surface area (Å²) in [4.78, 5) is 0. The van der Waals surface area contributed by atoms with Crippen LogP contribution in [0.25, 0.3) is 17.0 Å². The van der Waals surface area contributed by atoms with Crippen LogP contribution in [0.5, 0.6) is 0 Å². The van der Waals surface area contributed by atoms with E-state index in [1.54, 1.807) is 12.1 Å². The van der Waals surface area contributed by atoms with E-state index in [2.05, 4.69) is 40.6 Å². The Balaban J connectivity index is 1.83. The number of nitrogens with one attached hydrogen (secondary N) is 2. The molecule has 0 radical (unpaired) electrons. The van der Waals surface area contributed by atoms with Gasteiger partial charge in [0.1, 0.15) is 11.6 Å². The van der Waals surface area contributed by atoms with Crippen molar-refractivity contribution in [2.24, 2.45) is 0 Å². The molecule has 2 heterocycles. The zero-order valence-electron chi connectivity index (χ0n) is 12.1. The van der Waals surface area contributed by atoms with E-state index in [0.717, 1.165) is 0 Å². The molecule has 0 unspecified atom stereocenters. The minimum Gasteiger partial charge on any atom is -0.413 e. The molecule has 3 rings (SSSR count). The second kappa shape index (κ2) is 6.40. The third-order valence-electron chi connectivity index (χ3n) is 2.87. The van der Waals surface area contributed by atoms with Crippen molar-refractivity contribution in [1.82, 2.24) is 30.8 Å². The SMILES string of the molecule is N#CC(=CNc1cccc(-c2nnc(C(F)(F)F)o2)c1)c1nn[nH]n1. The van der Waals surface area contributed by atoms with E-state index in [1.807, 2.05) is 6.07 Å². The maximum atomic E-state index is 12.5. The monoisotopic (exact) mass is 348 g/mol. The molecule has 0 spiro atoms. The first-order valence-corrected chi connectivity index (χ1v) is 6.59.